The predicted molar refractivity (Wildman–Crippen MR) is 96.2 cm³/mol. The van der Waals surface area contributed by atoms with Gasteiger partial charge in [0, 0.05) is 5.69 Å². The number of anilines is 1. The van der Waals surface area contributed by atoms with Crippen LogP contribution in [0.1, 0.15) is 35.5 Å². The number of nitrogens with two attached hydrogens (primary N) is 1. The Kier molecular flexibility index (Phi) is 6.01. The second-order valence-electron chi connectivity index (χ2n) is 6.76. The summed E-state index contributed by atoms with van der Waals surface area (Å²) in [5.74, 6) is -1.46. The van der Waals surface area contributed by atoms with Crippen LogP contribution in [0.3, 0.4) is 0 Å². The number of urea groups is 1. The van der Waals surface area contributed by atoms with Gasteiger partial charge >= 0.3 is 18.8 Å². The number of pyridine rings is 1. The van der Waals surface area contributed by atoms with E-state index in [1.165, 1.54) is 6.92 Å². The topological polar surface area (TPSA) is 115 Å². The predicted octanol–water partition coefficient (Wildman–Crippen LogP) is 3.65. The quantitative estimate of drug-likeness (QED) is 0.664. The van der Waals surface area contributed by atoms with Gasteiger partial charge in [0.2, 0.25) is 5.03 Å². The van der Waals surface area contributed by atoms with Crippen LogP contribution in [-0.2, 0) is 29.2 Å². The Bertz CT molecular complexity index is 1150. The minimum Gasteiger partial charge on any atom is -0.305 e. The summed E-state index contributed by atoms with van der Waals surface area (Å²) in [6, 6.07) is -1.36. The van der Waals surface area contributed by atoms with Gasteiger partial charge in [-0.15, -0.1) is 4.36 Å². The van der Waals surface area contributed by atoms with E-state index in [4.69, 9.17) is 5.14 Å². The summed E-state index contributed by atoms with van der Waals surface area (Å²) >= 11 is 0. The van der Waals surface area contributed by atoms with Crippen LogP contribution in [0.4, 0.5) is 36.8 Å². The number of amides is 2. The molecule has 3 rings (SSSR count). The van der Waals surface area contributed by atoms with Crippen molar-refractivity contribution in [3.63, 3.8) is 0 Å². The Labute approximate surface area is 172 Å². The van der Waals surface area contributed by atoms with Crippen molar-refractivity contribution < 1.29 is 35.3 Å². The van der Waals surface area contributed by atoms with Gasteiger partial charge in [-0.25, -0.2) is 23.2 Å². The SMILES string of the molecule is Cc1c(CC(F)(F)F)nc2c(c1NC(=O)N=[S@](N)(=O)c1nn(C(F)F)cc1F)CCC2. The maximum absolute atomic E-state index is 13.8. The van der Waals surface area contributed by atoms with Gasteiger partial charge in [-0.1, -0.05) is 0 Å². The average molecular weight is 470 g/mol. The Hall–Kier alpha value is -2.68. The van der Waals surface area contributed by atoms with Crippen molar-refractivity contribution in [1.82, 2.24) is 14.8 Å². The summed E-state index contributed by atoms with van der Waals surface area (Å²) in [5.41, 5.74) is 0.653. The summed E-state index contributed by atoms with van der Waals surface area (Å²) < 4.78 is 93.1. The summed E-state index contributed by atoms with van der Waals surface area (Å²) in [4.78, 5) is 16.4. The maximum Gasteiger partial charge on any atom is 0.394 e. The number of rotatable bonds is 4. The van der Waals surface area contributed by atoms with Crippen LogP contribution in [0.5, 0.6) is 0 Å². The molecule has 0 aliphatic heterocycles. The highest BCUT2D eigenvalue weighted by Crippen LogP contribution is 2.34. The lowest BCUT2D eigenvalue weighted by atomic mass is 10.0. The molecule has 0 aromatic carbocycles. The normalized spacial score (nSPS) is 15.6. The number of nitrogens with one attached hydrogen (secondary N) is 1. The molecule has 2 aromatic rings. The smallest absolute Gasteiger partial charge is 0.305 e. The number of hydrogen-bond acceptors (Lipinski definition) is 4. The fourth-order valence-electron chi connectivity index (χ4n) is 3.22. The van der Waals surface area contributed by atoms with Crippen LogP contribution >= 0.6 is 0 Å². The Balaban J connectivity index is 1.97. The minimum atomic E-state index is -4.54. The molecule has 2 aromatic heterocycles. The van der Waals surface area contributed by atoms with E-state index in [0.717, 1.165) is 0 Å². The molecule has 0 saturated carbocycles. The summed E-state index contributed by atoms with van der Waals surface area (Å²) in [5, 5.41) is 9.48. The molecule has 3 N–H and O–H groups in total. The second kappa shape index (κ2) is 8.11. The monoisotopic (exact) mass is 470 g/mol. The first-order valence-electron chi connectivity index (χ1n) is 8.75. The molecule has 0 unspecified atom stereocenters. The first-order chi connectivity index (χ1) is 14.3. The highest BCUT2D eigenvalue weighted by molar-refractivity contribution is 7.91. The third kappa shape index (κ3) is 4.98. The molecule has 1 atom stereocenters. The molecule has 1 aliphatic carbocycles. The number of nitrogens with zero attached hydrogens (tertiary/aromatic N) is 4. The number of aromatic nitrogens is 3. The third-order valence-electron chi connectivity index (χ3n) is 4.52. The third-order valence-corrected chi connectivity index (χ3v) is 5.79. The molecule has 15 heteroatoms. The first kappa shape index (κ1) is 23.0. The zero-order valence-electron chi connectivity index (χ0n) is 15.8. The van der Waals surface area contributed by atoms with Gasteiger partial charge in [0.25, 0.3) is 0 Å². The number of carbonyl (C=O) groups excluding carboxylic acids is 1. The van der Waals surface area contributed by atoms with Crippen molar-refractivity contribution in [3.05, 3.63) is 34.5 Å². The van der Waals surface area contributed by atoms with Crippen LogP contribution in [0, 0.1) is 12.7 Å². The number of carbonyl (C=O) groups is 1. The van der Waals surface area contributed by atoms with Gasteiger partial charge in [-0.3, -0.25) is 4.98 Å². The number of fused-ring (bicyclic) bond motifs is 1. The van der Waals surface area contributed by atoms with Gasteiger partial charge in [0.1, 0.15) is 0 Å². The van der Waals surface area contributed by atoms with Gasteiger partial charge in [0.15, 0.2) is 15.7 Å². The number of aryl methyl sites for hydroxylation is 1. The van der Waals surface area contributed by atoms with Gasteiger partial charge in [0.05, 0.1) is 24.0 Å². The lowest BCUT2D eigenvalue weighted by molar-refractivity contribution is -0.127. The van der Waals surface area contributed by atoms with Crippen LogP contribution in [-0.4, -0.2) is 31.2 Å². The standard InChI is InChI=1S/C16H16F6N6O2S/c1-7-11(5-16(20,21)22)24-10-4-2-3-8(10)12(7)25-15(29)27-31(23,30)13-9(17)6-28(26-13)14(18)19/h6,14H,2-5H2,1H3,(H3,23,24,25,27,29,30)/t31-/m0/s1. The maximum atomic E-state index is 13.8. The minimum absolute atomic E-state index is 0.0179. The van der Waals surface area contributed by atoms with Crippen molar-refractivity contribution in [2.24, 2.45) is 9.50 Å². The summed E-state index contributed by atoms with van der Waals surface area (Å²) in [6.45, 7) is -1.92. The van der Waals surface area contributed by atoms with Gasteiger partial charge in [-0.05, 0) is 37.3 Å². The van der Waals surface area contributed by atoms with Crippen molar-refractivity contribution in [3.8, 4) is 0 Å². The molecule has 0 radical (unpaired) electrons. The summed E-state index contributed by atoms with van der Waals surface area (Å²) in [6.07, 6.45) is -4.19. The molecule has 31 heavy (non-hydrogen) atoms. The zero-order valence-corrected chi connectivity index (χ0v) is 16.7. The van der Waals surface area contributed by atoms with E-state index in [2.05, 4.69) is 19.8 Å². The van der Waals surface area contributed by atoms with Crippen molar-refractivity contribution >= 4 is 21.6 Å². The lowest BCUT2D eigenvalue weighted by Gasteiger charge is -2.17. The Morgan fingerprint density at radius 3 is 2.65 bits per heavy atom. The molecule has 0 bridgehead atoms. The number of halogens is 6. The molecule has 1 aliphatic rings. The molecule has 0 spiro atoms. The molecule has 8 nitrogen and oxygen atoms in total. The fraction of sp³-hybridized carbons (Fsp3) is 0.438. The number of hydrogen-bond donors (Lipinski definition) is 2. The van der Waals surface area contributed by atoms with Crippen molar-refractivity contribution in [2.75, 3.05) is 5.32 Å². The van der Waals surface area contributed by atoms with Crippen LogP contribution in [0.15, 0.2) is 15.6 Å². The van der Waals surface area contributed by atoms with Crippen molar-refractivity contribution in [2.45, 2.75) is 50.4 Å². The van der Waals surface area contributed by atoms with E-state index in [9.17, 15) is 35.3 Å². The van der Waals surface area contributed by atoms with Crippen LogP contribution < -0.4 is 10.5 Å². The first-order valence-corrected chi connectivity index (χ1v) is 10.3. The molecule has 0 saturated heterocycles. The van der Waals surface area contributed by atoms with E-state index in [0.29, 0.717) is 30.5 Å². The Morgan fingerprint density at radius 1 is 1.39 bits per heavy atom. The van der Waals surface area contributed by atoms with Crippen LogP contribution in [0.25, 0.3) is 0 Å². The largest absolute Gasteiger partial charge is 0.394 e. The molecule has 0 fully saturated rings. The van der Waals surface area contributed by atoms with Gasteiger partial charge in [-0.2, -0.15) is 27.1 Å². The second-order valence-corrected chi connectivity index (χ2v) is 8.47. The molecule has 170 valence electrons. The van der Waals surface area contributed by atoms with E-state index in [1.54, 1.807) is 0 Å². The summed E-state index contributed by atoms with van der Waals surface area (Å²) in [7, 11) is -4.36. The van der Waals surface area contributed by atoms with Crippen LogP contribution in [0.2, 0.25) is 0 Å². The molecule has 2 amide bonds. The van der Waals surface area contributed by atoms with E-state index < -0.39 is 45.9 Å². The van der Waals surface area contributed by atoms with E-state index in [1.807, 2.05) is 0 Å². The van der Waals surface area contributed by atoms with E-state index >= 15 is 0 Å². The Morgan fingerprint density at radius 2 is 2.06 bits per heavy atom. The lowest BCUT2D eigenvalue weighted by Crippen LogP contribution is -2.21. The zero-order chi connectivity index (χ0) is 23.1. The number of alkyl halides is 5. The highest BCUT2D eigenvalue weighted by Gasteiger charge is 2.32. The van der Waals surface area contributed by atoms with Crippen molar-refractivity contribution in [1.29, 1.82) is 0 Å². The van der Waals surface area contributed by atoms with E-state index in [-0.39, 0.29) is 27.8 Å². The fourth-order valence-corrected chi connectivity index (χ4v) is 4.14. The molecular weight excluding hydrogens is 454 g/mol. The van der Waals surface area contributed by atoms with Gasteiger partial charge < -0.3 is 5.32 Å². The molecular formula is C16H16F6N6O2S. The molecule has 2 heterocycles. The average Bonchev–Trinajstić information content (AvgIpc) is 3.23. The highest BCUT2D eigenvalue weighted by atomic mass is 32.2.